The highest BCUT2D eigenvalue weighted by Gasteiger charge is 2.32. The molecule has 0 aliphatic heterocycles. The van der Waals surface area contributed by atoms with E-state index in [9.17, 15) is 4.39 Å². The Morgan fingerprint density at radius 1 is 1.15 bits per heavy atom. The van der Waals surface area contributed by atoms with Crippen LogP contribution in [0.4, 0.5) is 16.3 Å². The van der Waals surface area contributed by atoms with Crippen molar-refractivity contribution >= 4 is 11.9 Å². The molecule has 146 valence electrons. The molecule has 0 amide bonds. The van der Waals surface area contributed by atoms with Gasteiger partial charge in [0.2, 0.25) is 11.9 Å². The predicted octanol–water partition coefficient (Wildman–Crippen LogP) is 4.49. The van der Waals surface area contributed by atoms with Crippen LogP contribution in [-0.4, -0.2) is 21.0 Å². The van der Waals surface area contributed by atoms with Gasteiger partial charge >= 0.3 is 0 Å². The number of nitrogens with zero attached hydrogens (tertiary/aromatic N) is 3. The number of hydrogen-bond acceptors (Lipinski definition) is 5. The minimum absolute atomic E-state index is 0.0537. The van der Waals surface area contributed by atoms with Gasteiger partial charge in [-0.2, -0.15) is 15.0 Å². The quantitative estimate of drug-likeness (QED) is 0.715. The van der Waals surface area contributed by atoms with E-state index in [4.69, 9.17) is 5.73 Å². The second kappa shape index (κ2) is 7.79. The fourth-order valence-corrected chi connectivity index (χ4v) is 3.55. The SMILES string of the molecule is Cc1cc(C)cc(CCCC(Nc2nc(N)nc(C(C)(C)F)n2)C2CC2)c1. The zero-order valence-electron chi connectivity index (χ0n) is 16.7. The number of anilines is 2. The maximum absolute atomic E-state index is 14.2. The molecule has 6 heteroatoms. The number of aromatic nitrogens is 3. The van der Waals surface area contributed by atoms with Crippen LogP contribution in [0.15, 0.2) is 18.2 Å². The topological polar surface area (TPSA) is 76.7 Å². The zero-order chi connectivity index (χ0) is 19.6. The van der Waals surface area contributed by atoms with Gasteiger partial charge in [-0.05, 0) is 71.3 Å². The van der Waals surface area contributed by atoms with E-state index in [1.54, 1.807) is 0 Å². The van der Waals surface area contributed by atoms with Crippen LogP contribution < -0.4 is 11.1 Å². The van der Waals surface area contributed by atoms with Crippen LogP contribution in [0.3, 0.4) is 0 Å². The van der Waals surface area contributed by atoms with Crippen LogP contribution >= 0.6 is 0 Å². The zero-order valence-corrected chi connectivity index (χ0v) is 16.7. The summed E-state index contributed by atoms with van der Waals surface area (Å²) in [4.78, 5) is 12.4. The summed E-state index contributed by atoms with van der Waals surface area (Å²) in [5.41, 5.74) is 8.11. The molecule has 5 nitrogen and oxygen atoms in total. The molecule has 1 aliphatic rings. The number of nitrogens with one attached hydrogen (secondary N) is 1. The molecule has 1 unspecified atom stereocenters. The van der Waals surface area contributed by atoms with Crippen molar-refractivity contribution < 1.29 is 4.39 Å². The lowest BCUT2D eigenvalue weighted by atomic mass is 9.99. The number of aryl methyl sites for hydroxylation is 3. The summed E-state index contributed by atoms with van der Waals surface area (Å²) in [5, 5.41) is 3.39. The van der Waals surface area contributed by atoms with E-state index in [2.05, 4.69) is 52.3 Å². The first-order chi connectivity index (χ1) is 12.7. The van der Waals surface area contributed by atoms with E-state index in [0.29, 0.717) is 11.9 Å². The molecule has 1 fully saturated rings. The lowest BCUT2D eigenvalue weighted by molar-refractivity contribution is 0.206. The first-order valence-corrected chi connectivity index (χ1v) is 9.75. The maximum atomic E-state index is 14.2. The largest absolute Gasteiger partial charge is 0.368 e. The molecular formula is C21H30FN5. The minimum atomic E-state index is -1.65. The fourth-order valence-electron chi connectivity index (χ4n) is 3.55. The van der Waals surface area contributed by atoms with Crippen LogP contribution in [0.25, 0.3) is 0 Å². The Labute approximate surface area is 161 Å². The van der Waals surface area contributed by atoms with Crippen LogP contribution in [0.1, 0.15) is 62.0 Å². The molecule has 1 atom stereocenters. The fraction of sp³-hybridized carbons (Fsp3) is 0.571. The normalized spacial score (nSPS) is 15.6. The first-order valence-electron chi connectivity index (χ1n) is 9.75. The molecule has 0 radical (unpaired) electrons. The molecule has 1 aromatic carbocycles. The van der Waals surface area contributed by atoms with Gasteiger partial charge in [0.1, 0.15) is 0 Å². The molecular weight excluding hydrogens is 341 g/mol. The van der Waals surface area contributed by atoms with E-state index in [1.807, 2.05) is 0 Å². The Bertz CT molecular complexity index is 775. The van der Waals surface area contributed by atoms with Gasteiger partial charge in [-0.1, -0.05) is 29.3 Å². The standard InChI is InChI=1S/C21H30FN5/c1-13-10-14(2)12-15(11-13)6-5-7-17(16-8-9-16)24-20-26-18(21(3,4)22)25-19(23)27-20/h10-12,16-17H,5-9H2,1-4H3,(H3,23,24,25,26,27). The Balaban J connectivity index is 1.64. The molecule has 3 rings (SSSR count). The van der Waals surface area contributed by atoms with E-state index in [1.165, 1.54) is 43.4 Å². The van der Waals surface area contributed by atoms with Gasteiger partial charge in [0, 0.05) is 6.04 Å². The lowest BCUT2D eigenvalue weighted by Crippen LogP contribution is -2.25. The Kier molecular flexibility index (Phi) is 5.63. The third-order valence-corrected chi connectivity index (χ3v) is 4.95. The molecule has 3 N–H and O–H groups in total. The average Bonchev–Trinajstić information content (AvgIpc) is 3.36. The summed E-state index contributed by atoms with van der Waals surface area (Å²) in [6, 6.07) is 7.00. The summed E-state index contributed by atoms with van der Waals surface area (Å²) in [5.74, 6) is 1.14. The highest BCUT2D eigenvalue weighted by atomic mass is 19.1. The second-order valence-electron chi connectivity index (χ2n) is 8.29. The van der Waals surface area contributed by atoms with Crippen molar-refractivity contribution in [2.24, 2.45) is 5.92 Å². The number of nitrogen functional groups attached to an aromatic ring is 1. The van der Waals surface area contributed by atoms with Gasteiger partial charge in [0.05, 0.1) is 0 Å². The van der Waals surface area contributed by atoms with Crippen molar-refractivity contribution in [3.63, 3.8) is 0 Å². The van der Waals surface area contributed by atoms with E-state index >= 15 is 0 Å². The molecule has 0 bridgehead atoms. The summed E-state index contributed by atoms with van der Waals surface area (Å²) in [6.45, 7) is 7.13. The van der Waals surface area contributed by atoms with Crippen molar-refractivity contribution in [1.29, 1.82) is 0 Å². The number of benzene rings is 1. The van der Waals surface area contributed by atoms with Crippen molar-refractivity contribution in [2.75, 3.05) is 11.1 Å². The predicted molar refractivity (Wildman–Crippen MR) is 107 cm³/mol. The molecule has 1 saturated carbocycles. The Morgan fingerprint density at radius 2 is 1.81 bits per heavy atom. The smallest absolute Gasteiger partial charge is 0.228 e. The first kappa shape index (κ1) is 19.5. The molecule has 0 saturated heterocycles. The number of hydrogen-bond donors (Lipinski definition) is 2. The van der Waals surface area contributed by atoms with Gasteiger partial charge < -0.3 is 11.1 Å². The van der Waals surface area contributed by atoms with Crippen LogP contribution in [0, 0.1) is 19.8 Å². The maximum Gasteiger partial charge on any atom is 0.228 e. The van der Waals surface area contributed by atoms with Gasteiger partial charge in [0.15, 0.2) is 11.5 Å². The van der Waals surface area contributed by atoms with E-state index in [0.717, 1.165) is 19.3 Å². The summed E-state index contributed by atoms with van der Waals surface area (Å²) >= 11 is 0. The molecule has 0 spiro atoms. The number of halogens is 1. The van der Waals surface area contributed by atoms with Crippen LogP contribution in [0.2, 0.25) is 0 Å². The van der Waals surface area contributed by atoms with Gasteiger partial charge in [-0.25, -0.2) is 4.39 Å². The number of alkyl halides is 1. The summed E-state index contributed by atoms with van der Waals surface area (Å²) in [6.07, 6.45) is 5.58. The number of nitrogens with two attached hydrogens (primary N) is 1. The highest BCUT2D eigenvalue weighted by Crippen LogP contribution is 2.36. The third kappa shape index (κ3) is 5.62. The van der Waals surface area contributed by atoms with Crippen molar-refractivity contribution in [2.45, 2.75) is 71.5 Å². The molecule has 1 aliphatic carbocycles. The molecule has 27 heavy (non-hydrogen) atoms. The van der Waals surface area contributed by atoms with Gasteiger partial charge in [-0.3, -0.25) is 0 Å². The Hall–Kier alpha value is -2.24. The molecule has 1 aromatic heterocycles. The highest BCUT2D eigenvalue weighted by molar-refractivity contribution is 5.34. The third-order valence-electron chi connectivity index (χ3n) is 4.95. The van der Waals surface area contributed by atoms with Gasteiger partial charge in [0.25, 0.3) is 0 Å². The second-order valence-corrected chi connectivity index (χ2v) is 8.29. The van der Waals surface area contributed by atoms with Crippen LogP contribution in [0.5, 0.6) is 0 Å². The number of rotatable bonds is 8. The molecule has 1 heterocycles. The van der Waals surface area contributed by atoms with Crippen LogP contribution in [-0.2, 0) is 12.1 Å². The van der Waals surface area contributed by atoms with E-state index in [-0.39, 0.29) is 17.8 Å². The van der Waals surface area contributed by atoms with Gasteiger partial charge in [-0.15, -0.1) is 0 Å². The molecule has 2 aromatic rings. The lowest BCUT2D eigenvalue weighted by Gasteiger charge is -2.20. The monoisotopic (exact) mass is 371 g/mol. The average molecular weight is 372 g/mol. The van der Waals surface area contributed by atoms with Crippen molar-refractivity contribution in [3.05, 3.63) is 40.7 Å². The van der Waals surface area contributed by atoms with E-state index < -0.39 is 5.67 Å². The van der Waals surface area contributed by atoms with Crippen molar-refractivity contribution in [3.8, 4) is 0 Å². The summed E-state index contributed by atoms with van der Waals surface area (Å²) in [7, 11) is 0. The van der Waals surface area contributed by atoms with Crippen molar-refractivity contribution in [1.82, 2.24) is 15.0 Å². The minimum Gasteiger partial charge on any atom is -0.368 e. The Morgan fingerprint density at radius 3 is 2.41 bits per heavy atom. The summed E-state index contributed by atoms with van der Waals surface area (Å²) < 4.78 is 14.2.